The molecule has 43 heavy (non-hydrogen) atoms. The summed E-state index contributed by atoms with van der Waals surface area (Å²) in [6.07, 6.45) is 2.65. The van der Waals surface area contributed by atoms with E-state index in [1.165, 1.54) is 6.07 Å². The van der Waals surface area contributed by atoms with E-state index in [1.54, 1.807) is 12.3 Å². The molecule has 3 heterocycles. The van der Waals surface area contributed by atoms with E-state index < -0.39 is 0 Å². The minimum Gasteiger partial charge on any atom is -0.457 e. The number of halogens is 1. The molecule has 0 spiro atoms. The molecule has 0 bridgehead atoms. The van der Waals surface area contributed by atoms with E-state index in [1.807, 2.05) is 60.1 Å². The fourth-order valence-electron chi connectivity index (χ4n) is 6.01. The molecule has 7 rings (SSSR count). The normalized spacial score (nSPS) is 11.5. The maximum atomic E-state index is 14.4. The van der Waals surface area contributed by atoms with Crippen LogP contribution in [0, 0.1) is 26.6 Å². The van der Waals surface area contributed by atoms with Crippen LogP contribution in [0.15, 0.2) is 103 Å². The molecule has 6 heteroatoms. The van der Waals surface area contributed by atoms with Crippen molar-refractivity contribution < 1.29 is 9.13 Å². The molecule has 0 aliphatic carbocycles. The number of rotatable bonds is 6. The topological polar surface area (TPSA) is 44.9 Å². The van der Waals surface area contributed by atoms with Gasteiger partial charge in [-0.15, -0.1) is 0 Å². The number of hydrogen-bond acceptors (Lipinski definition) is 3. The van der Waals surface area contributed by atoms with Gasteiger partial charge < -0.3 is 4.74 Å². The molecule has 0 aliphatic rings. The zero-order valence-corrected chi connectivity index (χ0v) is 24.6. The second-order valence-corrected chi connectivity index (χ2v) is 11.0. The van der Waals surface area contributed by atoms with E-state index in [4.69, 9.17) is 9.84 Å². The smallest absolute Gasteiger partial charge is 0.137 e. The van der Waals surface area contributed by atoms with Gasteiger partial charge in [-0.05, 0) is 98.5 Å². The molecule has 3 aromatic heterocycles. The zero-order chi connectivity index (χ0) is 29.7. The summed E-state index contributed by atoms with van der Waals surface area (Å²) in [4.78, 5) is 4.64. The highest BCUT2D eigenvalue weighted by molar-refractivity contribution is 6.09. The maximum absolute atomic E-state index is 14.4. The summed E-state index contributed by atoms with van der Waals surface area (Å²) in [6, 6.07) is 31.5. The van der Waals surface area contributed by atoms with Crippen LogP contribution in [0.5, 0.6) is 11.5 Å². The van der Waals surface area contributed by atoms with Gasteiger partial charge in [-0.3, -0.25) is 4.57 Å². The molecule has 0 fully saturated rings. The maximum Gasteiger partial charge on any atom is 0.137 e. The third-order valence-corrected chi connectivity index (χ3v) is 8.02. The summed E-state index contributed by atoms with van der Waals surface area (Å²) in [7, 11) is 0. The standard InChI is InChI=1S/C37H31FN4O/c1-5-26-18-29(42-25(4)37(24(3)40-42)27-9-7-6-8-10-27)21-31(19-26)43-30-12-13-32-33-20-28(38)11-14-34(33)41(35(32)22-30)36-17-23(2)15-16-39-36/h6-22H,5H2,1-4H3. The number of nitrogens with zero attached hydrogens (tertiary/aromatic N) is 4. The van der Waals surface area contributed by atoms with Gasteiger partial charge in [0.15, 0.2) is 0 Å². The number of pyridine rings is 1. The number of fused-ring (bicyclic) bond motifs is 3. The minimum atomic E-state index is -0.271. The van der Waals surface area contributed by atoms with Crippen molar-refractivity contribution in [3.05, 3.63) is 132 Å². The van der Waals surface area contributed by atoms with Crippen LogP contribution in [0.3, 0.4) is 0 Å². The van der Waals surface area contributed by atoms with E-state index in [0.717, 1.165) is 79.1 Å². The summed E-state index contributed by atoms with van der Waals surface area (Å²) in [5, 5.41) is 6.69. The Morgan fingerprint density at radius 3 is 2.40 bits per heavy atom. The highest BCUT2D eigenvalue weighted by atomic mass is 19.1. The summed E-state index contributed by atoms with van der Waals surface area (Å²) in [5.74, 6) is 1.91. The zero-order valence-electron chi connectivity index (χ0n) is 24.6. The van der Waals surface area contributed by atoms with Gasteiger partial charge in [0, 0.05) is 40.4 Å². The van der Waals surface area contributed by atoms with E-state index in [2.05, 4.69) is 66.7 Å². The first kappa shape index (κ1) is 26.7. The summed E-state index contributed by atoms with van der Waals surface area (Å²) in [6.45, 7) is 8.34. The van der Waals surface area contributed by atoms with Gasteiger partial charge in [0.1, 0.15) is 23.1 Å². The van der Waals surface area contributed by atoms with Crippen molar-refractivity contribution in [3.8, 4) is 34.1 Å². The number of hydrogen-bond donors (Lipinski definition) is 0. The molecule has 0 amide bonds. The lowest BCUT2D eigenvalue weighted by Gasteiger charge is -2.13. The SMILES string of the molecule is CCc1cc(Oc2ccc3c4cc(F)ccc4n(-c4cc(C)ccn4)c3c2)cc(-n2nc(C)c(-c3ccccc3)c2C)c1. The molecule has 0 unspecified atom stereocenters. The Morgan fingerprint density at radius 1 is 0.767 bits per heavy atom. The van der Waals surface area contributed by atoms with Crippen molar-refractivity contribution in [2.45, 2.75) is 34.1 Å². The molecule has 5 nitrogen and oxygen atoms in total. The van der Waals surface area contributed by atoms with Gasteiger partial charge in [0.2, 0.25) is 0 Å². The van der Waals surface area contributed by atoms with Crippen LogP contribution in [0.1, 0.15) is 29.4 Å². The molecule has 0 radical (unpaired) electrons. The van der Waals surface area contributed by atoms with Gasteiger partial charge in [-0.2, -0.15) is 5.10 Å². The van der Waals surface area contributed by atoms with Crippen molar-refractivity contribution in [3.63, 3.8) is 0 Å². The second-order valence-electron chi connectivity index (χ2n) is 11.0. The fourth-order valence-corrected chi connectivity index (χ4v) is 6.01. The number of ether oxygens (including phenoxy) is 1. The van der Waals surface area contributed by atoms with Crippen LogP contribution in [0.25, 0.3) is 44.4 Å². The number of aryl methyl sites for hydroxylation is 3. The molecule has 0 aliphatic heterocycles. The Hall–Kier alpha value is -5.23. The van der Waals surface area contributed by atoms with Crippen molar-refractivity contribution in [2.75, 3.05) is 0 Å². The monoisotopic (exact) mass is 566 g/mol. The first-order valence-corrected chi connectivity index (χ1v) is 14.5. The first-order valence-electron chi connectivity index (χ1n) is 14.5. The van der Waals surface area contributed by atoms with Gasteiger partial charge in [-0.1, -0.05) is 37.3 Å². The number of benzene rings is 4. The molecule has 7 aromatic rings. The summed E-state index contributed by atoms with van der Waals surface area (Å²) < 4.78 is 25.0. The van der Waals surface area contributed by atoms with Crippen LogP contribution >= 0.6 is 0 Å². The van der Waals surface area contributed by atoms with Gasteiger partial charge in [0.25, 0.3) is 0 Å². The Morgan fingerprint density at radius 2 is 1.60 bits per heavy atom. The van der Waals surface area contributed by atoms with Gasteiger partial charge in [0.05, 0.1) is 22.4 Å². The summed E-state index contributed by atoms with van der Waals surface area (Å²) in [5.41, 5.74) is 9.33. The molecule has 0 N–H and O–H groups in total. The molecule has 0 atom stereocenters. The Labute approximate surface area is 249 Å². The van der Waals surface area contributed by atoms with E-state index >= 15 is 0 Å². The van der Waals surface area contributed by atoms with E-state index in [-0.39, 0.29) is 5.82 Å². The average Bonchev–Trinajstić information content (AvgIpc) is 3.49. The third-order valence-electron chi connectivity index (χ3n) is 8.02. The molecule has 0 saturated heterocycles. The lowest BCUT2D eigenvalue weighted by molar-refractivity contribution is 0.482. The minimum absolute atomic E-state index is 0.271. The predicted molar refractivity (Wildman–Crippen MR) is 171 cm³/mol. The fraction of sp³-hybridized carbons (Fsp3) is 0.135. The molecular formula is C37H31FN4O. The van der Waals surface area contributed by atoms with Gasteiger partial charge in [-0.25, -0.2) is 14.1 Å². The third kappa shape index (κ3) is 4.75. The van der Waals surface area contributed by atoms with Crippen LogP contribution in [-0.4, -0.2) is 19.3 Å². The molecule has 0 saturated carbocycles. The highest BCUT2D eigenvalue weighted by Crippen LogP contribution is 2.36. The average molecular weight is 567 g/mol. The van der Waals surface area contributed by atoms with Crippen molar-refractivity contribution in [2.24, 2.45) is 0 Å². The molecule has 212 valence electrons. The Bertz CT molecular complexity index is 2140. The lowest BCUT2D eigenvalue weighted by atomic mass is 10.0. The molecule has 4 aromatic carbocycles. The molecular weight excluding hydrogens is 535 g/mol. The highest BCUT2D eigenvalue weighted by Gasteiger charge is 2.18. The number of aromatic nitrogens is 4. The second kappa shape index (κ2) is 10.6. The lowest BCUT2D eigenvalue weighted by Crippen LogP contribution is -2.01. The van der Waals surface area contributed by atoms with Crippen LogP contribution in [-0.2, 0) is 6.42 Å². The summed E-state index contributed by atoms with van der Waals surface area (Å²) >= 11 is 0. The predicted octanol–water partition coefficient (Wildman–Crippen LogP) is 9.45. The van der Waals surface area contributed by atoms with Crippen molar-refractivity contribution >= 4 is 21.8 Å². The van der Waals surface area contributed by atoms with Crippen LogP contribution < -0.4 is 4.74 Å². The van der Waals surface area contributed by atoms with E-state index in [0.29, 0.717) is 5.75 Å². The Balaban J connectivity index is 1.33. The van der Waals surface area contributed by atoms with Crippen molar-refractivity contribution in [1.82, 2.24) is 19.3 Å². The van der Waals surface area contributed by atoms with Gasteiger partial charge >= 0.3 is 0 Å². The quantitative estimate of drug-likeness (QED) is 0.201. The Kier molecular flexibility index (Phi) is 6.54. The van der Waals surface area contributed by atoms with Crippen molar-refractivity contribution in [1.29, 1.82) is 0 Å². The van der Waals surface area contributed by atoms with E-state index in [9.17, 15) is 4.39 Å². The van der Waals surface area contributed by atoms with Crippen LogP contribution in [0.2, 0.25) is 0 Å². The first-order chi connectivity index (χ1) is 20.9. The largest absolute Gasteiger partial charge is 0.457 e. The van der Waals surface area contributed by atoms with Crippen LogP contribution in [0.4, 0.5) is 4.39 Å².